The van der Waals surface area contributed by atoms with Crippen molar-refractivity contribution in [2.24, 2.45) is 0 Å². The van der Waals surface area contributed by atoms with E-state index in [2.05, 4.69) is 0 Å². The predicted molar refractivity (Wildman–Crippen MR) is 64.5 cm³/mol. The fraction of sp³-hybridized carbons (Fsp3) is 0.231. The van der Waals surface area contributed by atoms with Gasteiger partial charge in [-0.25, -0.2) is 0 Å². The summed E-state index contributed by atoms with van der Waals surface area (Å²) in [6.07, 6.45) is 3.45. The second kappa shape index (κ2) is 7.40. The summed E-state index contributed by atoms with van der Waals surface area (Å²) in [5, 5.41) is 7.42. The minimum absolute atomic E-state index is 0.121. The molecule has 0 spiro atoms. The van der Waals surface area contributed by atoms with Gasteiger partial charge in [-0.1, -0.05) is 44.2 Å². The molecule has 1 aliphatic carbocycles. The molecule has 86 valence electrons. The average molecular weight is 220 g/mol. The van der Waals surface area contributed by atoms with Gasteiger partial charge >= 0.3 is 0 Å². The van der Waals surface area contributed by atoms with Crippen LogP contribution in [0, 0.1) is 0 Å². The van der Waals surface area contributed by atoms with Crippen LogP contribution in [-0.2, 0) is 4.79 Å². The lowest BCUT2D eigenvalue weighted by molar-refractivity contribution is -0.134. The zero-order chi connectivity index (χ0) is 12.6. The number of hydrogen-bond donors (Lipinski definition) is 1. The molecular formula is C13H16O3. The molecule has 0 saturated carbocycles. The number of aliphatic carboxylic acids is 1. The number of carbonyl (C=O) groups excluding carboxylic acids is 1. The van der Waals surface area contributed by atoms with Crippen molar-refractivity contribution in [1.82, 2.24) is 0 Å². The third-order valence-electron chi connectivity index (χ3n) is 1.64. The Bertz CT molecular complexity index is 388. The van der Waals surface area contributed by atoms with Crippen LogP contribution >= 0.6 is 0 Å². The Morgan fingerprint density at radius 2 is 1.62 bits per heavy atom. The third-order valence-corrected chi connectivity index (χ3v) is 1.64. The van der Waals surface area contributed by atoms with Crippen LogP contribution in [0.1, 0.15) is 36.7 Å². The number of benzene rings is 1. The van der Waals surface area contributed by atoms with Crippen LogP contribution in [0.15, 0.2) is 30.3 Å². The number of carboxylic acid groups (broad SMARTS) is 1. The number of carboxylic acids is 1. The van der Waals surface area contributed by atoms with Crippen LogP contribution in [0.25, 0.3) is 6.08 Å². The molecule has 1 aliphatic rings. The predicted octanol–water partition coefficient (Wildman–Crippen LogP) is 3.01. The molecule has 0 heterocycles. The summed E-state index contributed by atoms with van der Waals surface area (Å²) in [5.41, 5.74) is 1.86. The summed E-state index contributed by atoms with van der Waals surface area (Å²) in [6.45, 7) is 5.08. The lowest BCUT2D eigenvalue weighted by Gasteiger charge is -1.92. The van der Waals surface area contributed by atoms with E-state index < -0.39 is 5.97 Å². The van der Waals surface area contributed by atoms with Gasteiger partial charge in [0.25, 0.3) is 5.97 Å². The van der Waals surface area contributed by atoms with Crippen LogP contribution in [-0.4, -0.2) is 16.9 Å². The molecule has 0 amide bonds. The topological polar surface area (TPSA) is 54.4 Å². The summed E-state index contributed by atoms with van der Waals surface area (Å²) in [6, 6.07) is 7.60. The maximum absolute atomic E-state index is 11.0. The maximum Gasteiger partial charge on any atom is 0.300 e. The van der Waals surface area contributed by atoms with Gasteiger partial charge < -0.3 is 5.11 Å². The maximum atomic E-state index is 11.0. The zero-order valence-corrected chi connectivity index (χ0v) is 9.73. The van der Waals surface area contributed by atoms with E-state index in [-0.39, 0.29) is 5.78 Å². The molecule has 0 unspecified atom stereocenters. The Labute approximate surface area is 95.4 Å². The second-order valence-electron chi connectivity index (χ2n) is 2.80. The number of rotatable bonds is 0. The molecule has 0 radical (unpaired) electrons. The van der Waals surface area contributed by atoms with E-state index in [0.717, 1.165) is 18.1 Å². The Balaban J connectivity index is 0.000000323. The summed E-state index contributed by atoms with van der Waals surface area (Å²) in [4.78, 5) is 20.0. The highest BCUT2D eigenvalue weighted by Crippen LogP contribution is 2.17. The highest BCUT2D eigenvalue weighted by Gasteiger charge is 2.10. The van der Waals surface area contributed by atoms with E-state index in [1.165, 1.54) is 0 Å². The molecule has 16 heavy (non-hydrogen) atoms. The molecule has 1 N–H and O–H groups in total. The number of hydrogen-bond acceptors (Lipinski definition) is 2. The first kappa shape index (κ1) is 14.1. The molecule has 1 aromatic carbocycles. The van der Waals surface area contributed by atoms with Crippen LogP contribution < -0.4 is 0 Å². The number of ketones is 1. The summed E-state index contributed by atoms with van der Waals surface area (Å²) >= 11 is 0. The minimum Gasteiger partial charge on any atom is -0.481 e. The number of fused-ring (bicyclic) bond motifs is 1. The van der Waals surface area contributed by atoms with Gasteiger partial charge in [-0.05, 0) is 11.6 Å². The minimum atomic E-state index is -0.833. The van der Waals surface area contributed by atoms with Crippen molar-refractivity contribution in [3.63, 3.8) is 0 Å². The fourth-order valence-electron chi connectivity index (χ4n) is 1.12. The quantitative estimate of drug-likeness (QED) is 0.731. The largest absolute Gasteiger partial charge is 0.481 e. The van der Waals surface area contributed by atoms with Crippen LogP contribution in [0.4, 0.5) is 0 Å². The first-order valence-electron chi connectivity index (χ1n) is 5.12. The first-order valence-corrected chi connectivity index (χ1v) is 5.12. The molecule has 0 atom stereocenters. The molecule has 0 saturated heterocycles. The Hall–Kier alpha value is -1.90. The first-order chi connectivity index (χ1) is 7.61. The van der Waals surface area contributed by atoms with Gasteiger partial charge in [0.05, 0.1) is 0 Å². The average Bonchev–Trinajstić information content (AvgIpc) is 2.64. The Kier molecular flexibility index (Phi) is 6.52. The van der Waals surface area contributed by atoms with Gasteiger partial charge in [0.2, 0.25) is 0 Å². The monoisotopic (exact) mass is 220 g/mol. The molecular weight excluding hydrogens is 204 g/mol. The highest BCUT2D eigenvalue weighted by atomic mass is 16.4. The van der Waals surface area contributed by atoms with E-state index in [0.29, 0.717) is 0 Å². The number of allylic oxidation sites excluding steroid dienone is 1. The fourth-order valence-corrected chi connectivity index (χ4v) is 1.12. The van der Waals surface area contributed by atoms with Crippen molar-refractivity contribution in [1.29, 1.82) is 0 Å². The SMILES string of the molecule is CC.CC(=O)O.O=C1C=Cc2ccccc21. The highest BCUT2D eigenvalue weighted by molar-refractivity contribution is 6.13. The molecule has 0 aliphatic heterocycles. The van der Waals surface area contributed by atoms with Crippen molar-refractivity contribution < 1.29 is 14.7 Å². The molecule has 0 aromatic heterocycles. The van der Waals surface area contributed by atoms with E-state index in [1.54, 1.807) is 6.08 Å². The van der Waals surface area contributed by atoms with Crippen LogP contribution in [0.3, 0.4) is 0 Å². The lowest BCUT2D eigenvalue weighted by Crippen LogP contribution is -1.89. The van der Waals surface area contributed by atoms with E-state index >= 15 is 0 Å². The van der Waals surface area contributed by atoms with Gasteiger partial charge in [-0.3, -0.25) is 9.59 Å². The Morgan fingerprint density at radius 3 is 2.12 bits per heavy atom. The van der Waals surface area contributed by atoms with Gasteiger partial charge in [-0.15, -0.1) is 0 Å². The number of carbonyl (C=O) groups is 2. The Morgan fingerprint density at radius 1 is 1.12 bits per heavy atom. The van der Waals surface area contributed by atoms with Crippen molar-refractivity contribution in [3.05, 3.63) is 41.5 Å². The van der Waals surface area contributed by atoms with Gasteiger partial charge in [0, 0.05) is 12.5 Å². The smallest absolute Gasteiger partial charge is 0.300 e. The molecule has 3 nitrogen and oxygen atoms in total. The summed E-state index contributed by atoms with van der Waals surface area (Å²) in [7, 11) is 0. The van der Waals surface area contributed by atoms with Gasteiger partial charge in [-0.2, -0.15) is 0 Å². The van der Waals surface area contributed by atoms with Crippen LogP contribution in [0.2, 0.25) is 0 Å². The van der Waals surface area contributed by atoms with Crippen molar-refractivity contribution in [2.75, 3.05) is 0 Å². The van der Waals surface area contributed by atoms with Crippen molar-refractivity contribution in [3.8, 4) is 0 Å². The van der Waals surface area contributed by atoms with Crippen molar-refractivity contribution >= 4 is 17.8 Å². The summed E-state index contributed by atoms with van der Waals surface area (Å²) < 4.78 is 0. The normalized spacial score (nSPS) is 10.6. The van der Waals surface area contributed by atoms with Crippen molar-refractivity contribution in [2.45, 2.75) is 20.8 Å². The second-order valence-corrected chi connectivity index (χ2v) is 2.80. The van der Waals surface area contributed by atoms with Gasteiger partial charge in [0.1, 0.15) is 0 Å². The van der Waals surface area contributed by atoms with Gasteiger partial charge in [0.15, 0.2) is 5.78 Å². The summed E-state index contributed by atoms with van der Waals surface area (Å²) in [5.74, 6) is -0.712. The van der Waals surface area contributed by atoms with E-state index in [1.807, 2.05) is 44.2 Å². The molecule has 3 heteroatoms. The molecule has 1 aromatic rings. The molecule has 2 rings (SSSR count). The van der Waals surface area contributed by atoms with Crippen LogP contribution in [0.5, 0.6) is 0 Å². The van der Waals surface area contributed by atoms with E-state index in [9.17, 15) is 4.79 Å². The lowest BCUT2D eigenvalue weighted by atomic mass is 10.1. The van der Waals surface area contributed by atoms with E-state index in [4.69, 9.17) is 9.90 Å². The third kappa shape index (κ3) is 4.55. The zero-order valence-electron chi connectivity index (χ0n) is 9.73. The standard InChI is InChI=1S/C9H6O.C2H4O2.C2H6/c10-9-6-5-7-3-1-2-4-8(7)9;1-2(3)4;1-2/h1-6H;1H3,(H,3,4);1-2H3. The molecule has 0 fully saturated rings. The molecule has 0 bridgehead atoms.